The maximum atomic E-state index is 12.4. The lowest BCUT2D eigenvalue weighted by atomic mass is 9.99. The number of nitrogens with zero attached hydrogens (tertiary/aromatic N) is 2. The summed E-state index contributed by atoms with van der Waals surface area (Å²) in [5, 5.41) is 3.13. The van der Waals surface area contributed by atoms with Crippen molar-refractivity contribution in [2.45, 2.75) is 19.8 Å². The Bertz CT molecular complexity index is 531. The van der Waals surface area contributed by atoms with Crippen molar-refractivity contribution in [2.24, 2.45) is 11.8 Å². The van der Waals surface area contributed by atoms with Crippen LogP contribution in [0.5, 0.6) is 0 Å². The second-order valence-electron chi connectivity index (χ2n) is 7.49. The highest BCUT2D eigenvalue weighted by Crippen LogP contribution is 2.20. The molecule has 2 atom stereocenters. The number of benzene rings is 1. The number of carbonyl (C=O) groups is 1. The van der Waals surface area contributed by atoms with Crippen LogP contribution in [0.1, 0.15) is 18.9 Å². The summed E-state index contributed by atoms with van der Waals surface area (Å²) in [6.45, 7) is 9.40. The Morgan fingerprint density at radius 3 is 2.76 bits per heavy atom. The molecule has 5 heteroatoms. The number of rotatable bonds is 6. The SMILES string of the molecule is C[C@H](CNC(=O)N1CC[C@@H](Cc2ccccc2)C1)CN1CCOCC1. The molecule has 1 aromatic carbocycles. The Kier molecular flexibility index (Phi) is 6.70. The monoisotopic (exact) mass is 345 g/mol. The van der Waals surface area contributed by atoms with E-state index in [0.717, 1.165) is 65.3 Å². The topological polar surface area (TPSA) is 44.8 Å². The number of ether oxygens (including phenoxy) is 1. The maximum Gasteiger partial charge on any atom is 0.317 e. The summed E-state index contributed by atoms with van der Waals surface area (Å²) < 4.78 is 5.38. The van der Waals surface area contributed by atoms with Gasteiger partial charge in [-0.25, -0.2) is 4.79 Å². The molecule has 138 valence electrons. The summed E-state index contributed by atoms with van der Waals surface area (Å²) in [7, 11) is 0. The molecule has 0 bridgehead atoms. The van der Waals surface area contributed by atoms with Crippen LogP contribution in [0.2, 0.25) is 0 Å². The molecule has 0 unspecified atom stereocenters. The molecule has 3 rings (SSSR count). The maximum absolute atomic E-state index is 12.4. The van der Waals surface area contributed by atoms with Crippen LogP contribution in [0.25, 0.3) is 0 Å². The van der Waals surface area contributed by atoms with Gasteiger partial charge in [0, 0.05) is 39.3 Å². The van der Waals surface area contributed by atoms with E-state index < -0.39 is 0 Å². The summed E-state index contributed by atoms with van der Waals surface area (Å²) in [5.41, 5.74) is 1.37. The van der Waals surface area contributed by atoms with Crippen molar-refractivity contribution in [3.63, 3.8) is 0 Å². The van der Waals surface area contributed by atoms with Crippen molar-refractivity contribution < 1.29 is 9.53 Å². The lowest BCUT2D eigenvalue weighted by molar-refractivity contribution is 0.0319. The number of hydrogen-bond donors (Lipinski definition) is 1. The molecule has 0 aromatic heterocycles. The molecule has 25 heavy (non-hydrogen) atoms. The quantitative estimate of drug-likeness (QED) is 0.860. The van der Waals surface area contributed by atoms with Crippen molar-refractivity contribution in [3.05, 3.63) is 35.9 Å². The zero-order chi connectivity index (χ0) is 17.5. The molecule has 1 N–H and O–H groups in total. The predicted octanol–water partition coefficient (Wildman–Crippen LogP) is 2.23. The van der Waals surface area contributed by atoms with E-state index >= 15 is 0 Å². The van der Waals surface area contributed by atoms with E-state index in [1.807, 2.05) is 4.90 Å². The van der Waals surface area contributed by atoms with Gasteiger partial charge in [0.05, 0.1) is 13.2 Å². The highest BCUT2D eigenvalue weighted by molar-refractivity contribution is 5.74. The van der Waals surface area contributed by atoms with Crippen LogP contribution in [0.15, 0.2) is 30.3 Å². The van der Waals surface area contributed by atoms with Gasteiger partial charge in [-0.1, -0.05) is 37.3 Å². The molecule has 2 fully saturated rings. The van der Waals surface area contributed by atoms with Crippen LogP contribution in [0.4, 0.5) is 4.79 Å². The Hall–Kier alpha value is -1.59. The van der Waals surface area contributed by atoms with Crippen LogP contribution in [0, 0.1) is 11.8 Å². The summed E-state index contributed by atoms with van der Waals surface area (Å²) in [4.78, 5) is 16.8. The molecule has 2 saturated heterocycles. The van der Waals surface area contributed by atoms with Gasteiger partial charge in [-0.2, -0.15) is 0 Å². The first-order valence-electron chi connectivity index (χ1n) is 9.57. The van der Waals surface area contributed by atoms with Crippen molar-refractivity contribution in [1.29, 1.82) is 0 Å². The van der Waals surface area contributed by atoms with E-state index in [1.54, 1.807) is 0 Å². The van der Waals surface area contributed by atoms with Crippen molar-refractivity contribution in [2.75, 3.05) is 52.5 Å². The second-order valence-corrected chi connectivity index (χ2v) is 7.49. The van der Waals surface area contributed by atoms with Crippen LogP contribution >= 0.6 is 0 Å². The number of morpholine rings is 1. The summed E-state index contributed by atoms with van der Waals surface area (Å²) in [6, 6.07) is 10.7. The molecule has 2 aliphatic rings. The van der Waals surface area contributed by atoms with Gasteiger partial charge in [0.2, 0.25) is 0 Å². The highest BCUT2D eigenvalue weighted by atomic mass is 16.5. The third kappa shape index (κ3) is 5.72. The van der Waals surface area contributed by atoms with Gasteiger partial charge in [-0.15, -0.1) is 0 Å². The van der Waals surface area contributed by atoms with Gasteiger partial charge in [-0.05, 0) is 30.2 Å². The minimum atomic E-state index is 0.101. The van der Waals surface area contributed by atoms with Crippen LogP contribution in [-0.4, -0.2) is 68.3 Å². The average Bonchev–Trinajstić information content (AvgIpc) is 3.10. The van der Waals surface area contributed by atoms with E-state index in [-0.39, 0.29) is 6.03 Å². The predicted molar refractivity (Wildman–Crippen MR) is 99.6 cm³/mol. The van der Waals surface area contributed by atoms with E-state index in [2.05, 4.69) is 47.5 Å². The van der Waals surface area contributed by atoms with Crippen molar-refractivity contribution >= 4 is 6.03 Å². The Labute approximate surface area is 151 Å². The molecule has 1 aromatic rings. The average molecular weight is 345 g/mol. The largest absolute Gasteiger partial charge is 0.379 e. The fraction of sp³-hybridized carbons (Fsp3) is 0.650. The van der Waals surface area contributed by atoms with Crippen molar-refractivity contribution in [1.82, 2.24) is 15.1 Å². The molecule has 0 radical (unpaired) electrons. The molecular weight excluding hydrogens is 314 g/mol. The normalized spacial score (nSPS) is 22.8. The van der Waals surface area contributed by atoms with Crippen LogP contribution in [0.3, 0.4) is 0 Å². The molecular formula is C20H31N3O2. The highest BCUT2D eigenvalue weighted by Gasteiger charge is 2.26. The van der Waals surface area contributed by atoms with Gasteiger partial charge in [0.25, 0.3) is 0 Å². The number of urea groups is 1. The van der Waals surface area contributed by atoms with E-state index in [9.17, 15) is 4.79 Å². The molecule has 0 aliphatic carbocycles. The third-order valence-corrected chi connectivity index (χ3v) is 5.22. The lowest BCUT2D eigenvalue weighted by Crippen LogP contribution is -2.44. The van der Waals surface area contributed by atoms with Gasteiger partial charge in [0.1, 0.15) is 0 Å². The van der Waals surface area contributed by atoms with E-state index in [1.165, 1.54) is 5.56 Å². The Morgan fingerprint density at radius 2 is 2.00 bits per heavy atom. The van der Waals surface area contributed by atoms with Gasteiger partial charge in [0.15, 0.2) is 0 Å². The Balaban J connectivity index is 1.35. The first-order chi connectivity index (χ1) is 12.2. The van der Waals surface area contributed by atoms with Gasteiger partial charge >= 0.3 is 6.03 Å². The smallest absolute Gasteiger partial charge is 0.317 e. The summed E-state index contributed by atoms with van der Waals surface area (Å²) in [6.07, 6.45) is 2.17. The van der Waals surface area contributed by atoms with Crippen molar-refractivity contribution in [3.8, 4) is 0 Å². The van der Waals surface area contributed by atoms with Crippen LogP contribution < -0.4 is 5.32 Å². The minimum Gasteiger partial charge on any atom is -0.379 e. The van der Waals surface area contributed by atoms with Gasteiger partial charge in [-0.3, -0.25) is 4.90 Å². The van der Waals surface area contributed by atoms with E-state index in [0.29, 0.717) is 11.8 Å². The Morgan fingerprint density at radius 1 is 1.24 bits per heavy atom. The standard InChI is InChI=1S/C20H31N3O2/c1-17(15-22-9-11-25-12-10-22)14-21-20(24)23-8-7-19(16-23)13-18-5-3-2-4-6-18/h2-6,17,19H,7-16H2,1H3,(H,21,24)/t17-,19+/m1/s1. The number of carbonyl (C=O) groups excluding carboxylic acids is 1. The zero-order valence-corrected chi connectivity index (χ0v) is 15.3. The number of nitrogens with one attached hydrogen (secondary N) is 1. The van der Waals surface area contributed by atoms with Gasteiger partial charge < -0.3 is 15.0 Å². The summed E-state index contributed by atoms with van der Waals surface area (Å²) >= 11 is 0. The molecule has 0 saturated carbocycles. The van der Waals surface area contributed by atoms with Crippen LogP contribution in [-0.2, 0) is 11.2 Å². The summed E-state index contributed by atoms with van der Waals surface area (Å²) in [5.74, 6) is 1.05. The number of likely N-dealkylation sites (tertiary alicyclic amines) is 1. The molecule has 2 amide bonds. The fourth-order valence-corrected chi connectivity index (χ4v) is 3.79. The number of amides is 2. The van der Waals surface area contributed by atoms with E-state index in [4.69, 9.17) is 4.74 Å². The minimum absolute atomic E-state index is 0.101. The first-order valence-corrected chi connectivity index (χ1v) is 9.57. The molecule has 2 heterocycles. The second kappa shape index (κ2) is 9.20. The molecule has 2 aliphatic heterocycles. The third-order valence-electron chi connectivity index (χ3n) is 5.22. The molecule has 5 nitrogen and oxygen atoms in total. The molecule has 0 spiro atoms. The first kappa shape index (κ1) is 18.2. The lowest BCUT2D eigenvalue weighted by Gasteiger charge is -2.29. The zero-order valence-electron chi connectivity index (χ0n) is 15.3. The fourth-order valence-electron chi connectivity index (χ4n) is 3.79. The number of hydrogen-bond acceptors (Lipinski definition) is 3.